The van der Waals surface area contributed by atoms with E-state index in [1.165, 1.54) is 79.9 Å². The number of hydrogen-bond donors (Lipinski definition) is 2. The number of nitrogens with zero attached hydrogens (tertiary/aromatic N) is 3. The first-order valence-corrected chi connectivity index (χ1v) is 27.1. The van der Waals surface area contributed by atoms with E-state index in [0.717, 1.165) is 54.8 Å². The molecule has 4 fully saturated rings. The van der Waals surface area contributed by atoms with Crippen LogP contribution in [0.2, 0.25) is 0 Å². The minimum Gasteiger partial charge on any atom is -0.462 e. The van der Waals surface area contributed by atoms with E-state index in [4.69, 9.17) is 23.8 Å². The number of hydrogen-bond acceptors (Lipinski definition) is 10. The van der Waals surface area contributed by atoms with Crippen molar-refractivity contribution in [2.45, 2.75) is 209 Å². The summed E-state index contributed by atoms with van der Waals surface area (Å²) in [4.78, 5) is 54.2. The second kappa shape index (κ2) is 23.6. The lowest BCUT2D eigenvalue weighted by Crippen LogP contribution is -2.51. The number of amides is 1. The number of rotatable bonds is 22. The van der Waals surface area contributed by atoms with E-state index in [0.29, 0.717) is 24.7 Å². The highest BCUT2D eigenvalue weighted by atomic mass is 31.2. The first-order chi connectivity index (χ1) is 31.9. The Kier molecular flexibility index (Phi) is 18.8. The van der Waals surface area contributed by atoms with E-state index in [1.54, 1.807) is 0 Å². The van der Waals surface area contributed by atoms with Crippen molar-refractivity contribution in [2.24, 2.45) is 46.3 Å². The zero-order chi connectivity index (χ0) is 48.6. The second-order valence-electron chi connectivity index (χ2n) is 22.1. The number of esters is 1. The van der Waals surface area contributed by atoms with Crippen molar-refractivity contribution in [1.82, 2.24) is 19.5 Å². The van der Waals surface area contributed by atoms with Gasteiger partial charge in [-0.05, 0) is 138 Å². The Morgan fingerprint density at radius 2 is 1.81 bits per heavy atom. The molecule has 9 unspecified atom stereocenters. The highest BCUT2D eigenvalue weighted by Gasteiger charge is 2.59. The van der Waals surface area contributed by atoms with Gasteiger partial charge in [-0.1, -0.05) is 72.5 Å². The number of ether oxygens (including phenoxy) is 2. The van der Waals surface area contributed by atoms with Crippen molar-refractivity contribution in [3.63, 3.8) is 0 Å². The third kappa shape index (κ3) is 12.6. The second-order valence-corrected chi connectivity index (χ2v) is 23.5. The molecule has 0 bridgehead atoms. The van der Waals surface area contributed by atoms with Gasteiger partial charge in [-0.25, -0.2) is 9.46 Å². The van der Waals surface area contributed by atoms with Crippen molar-refractivity contribution in [3.05, 3.63) is 50.3 Å². The molecule has 2 heterocycles. The number of allylic oxidation sites excluding steroid dienone is 1. The molecule has 13 nitrogen and oxygen atoms in total. The van der Waals surface area contributed by atoms with Crippen LogP contribution in [0, 0.1) is 57.7 Å². The molecule has 1 aliphatic heterocycles. The van der Waals surface area contributed by atoms with Crippen molar-refractivity contribution in [3.8, 4) is 6.07 Å². The minimum absolute atomic E-state index is 0.105. The molecule has 4 aliphatic carbocycles. The van der Waals surface area contributed by atoms with Gasteiger partial charge < -0.3 is 23.8 Å². The van der Waals surface area contributed by atoms with E-state index in [2.05, 4.69) is 89.4 Å². The number of H-pyrrole nitrogens is 1. The van der Waals surface area contributed by atoms with Gasteiger partial charge in [0.05, 0.1) is 36.9 Å². The van der Waals surface area contributed by atoms with Crippen LogP contribution in [0.5, 0.6) is 0 Å². The Morgan fingerprint density at radius 3 is 2.51 bits per heavy atom. The quantitative estimate of drug-likeness (QED) is 0.0376. The SMILES string of the molecule is CC[C@H]1O[C@@H](n2cc(/C=C/C(=O)NCCCC(=O)OC3CCC4(C)C(=CCC5C4CCC4(C)C(C(C)CCCC(C)C)CCC54)C3)c(=O)[nH]c2=O)C[C@@H]1OP(OCCC#N)N(C(C)C)C(C)C. The maximum absolute atomic E-state index is 13.1. The molecule has 14 heteroatoms. The fourth-order valence-corrected chi connectivity index (χ4v) is 15.0. The third-order valence-corrected chi connectivity index (χ3v) is 18.8. The van der Waals surface area contributed by atoms with Crippen LogP contribution < -0.4 is 16.6 Å². The summed E-state index contributed by atoms with van der Waals surface area (Å²) in [7, 11) is -1.53. The highest BCUT2D eigenvalue weighted by Crippen LogP contribution is 2.67. The molecule has 374 valence electrons. The lowest BCUT2D eigenvalue weighted by Gasteiger charge is -2.58. The Hall–Kier alpha value is -3.14. The Morgan fingerprint density at radius 1 is 1.04 bits per heavy atom. The van der Waals surface area contributed by atoms with Gasteiger partial charge in [0.15, 0.2) is 0 Å². The number of aromatic amines is 1. The fourth-order valence-electron chi connectivity index (χ4n) is 13.3. The lowest BCUT2D eigenvalue weighted by atomic mass is 9.47. The van der Waals surface area contributed by atoms with E-state index in [9.17, 15) is 19.2 Å². The topological polar surface area (TPSA) is 165 Å². The zero-order valence-corrected chi connectivity index (χ0v) is 43.4. The first-order valence-electron chi connectivity index (χ1n) is 26.0. The average Bonchev–Trinajstić information content (AvgIpc) is 3.84. The average molecular weight is 950 g/mol. The summed E-state index contributed by atoms with van der Waals surface area (Å²) in [5, 5.41) is 11.9. The van der Waals surface area contributed by atoms with Gasteiger partial charge in [-0.15, -0.1) is 0 Å². The summed E-state index contributed by atoms with van der Waals surface area (Å²) >= 11 is 0. The van der Waals surface area contributed by atoms with Crippen molar-refractivity contribution >= 4 is 26.5 Å². The summed E-state index contributed by atoms with van der Waals surface area (Å²) in [5.41, 5.74) is 1.03. The molecular formula is C53H84N5O8P. The van der Waals surface area contributed by atoms with Crippen LogP contribution in [0.15, 0.2) is 33.5 Å². The number of nitrogens with one attached hydrogen (secondary N) is 2. The number of fused-ring (bicyclic) bond motifs is 5. The normalized spacial score (nSPS) is 31.4. The van der Waals surface area contributed by atoms with E-state index in [1.807, 2.05) is 6.92 Å². The predicted octanol–water partition coefficient (Wildman–Crippen LogP) is 10.8. The molecule has 3 saturated carbocycles. The molecule has 1 aromatic heterocycles. The van der Waals surface area contributed by atoms with Crippen LogP contribution in [0.25, 0.3) is 6.08 Å². The van der Waals surface area contributed by atoms with Crippen LogP contribution in [-0.2, 0) is 28.1 Å². The fraction of sp³-hybridized carbons (Fsp3) is 0.792. The molecule has 1 saturated heterocycles. The molecule has 1 aromatic rings. The molecule has 6 rings (SSSR count). The lowest BCUT2D eigenvalue weighted by molar-refractivity contribution is -0.151. The number of nitriles is 1. The van der Waals surface area contributed by atoms with Gasteiger partial charge in [0.25, 0.3) is 14.1 Å². The first kappa shape index (κ1) is 53.2. The summed E-state index contributed by atoms with van der Waals surface area (Å²) in [6.45, 7) is 23.2. The maximum atomic E-state index is 13.1. The molecule has 0 aromatic carbocycles. The molecule has 1 amide bonds. The molecular weight excluding hydrogens is 866 g/mol. The maximum Gasteiger partial charge on any atom is 0.330 e. The molecule has 12 atom stereocenters. The summed E-state index contributed by atoms with van der Waals surface area (Å²) in [6, 6.07) is 2.36. The Balaban J connectivity index is 0.961. The van der Waals surface area contributed by atoms with Crippen LogP contribution in [0.1, 0.15) is 184 Å². The van der Waals surface area contributed by atoms with E-state index in [-0.39, 0.29) is 67.2 Å². The molecule has 2 N–H and O–H groups in total. The Bertz CT molecular complexity index is 2050. The summed E-state index contributed by atoms with van der Waals surface area (Å²) in [6.07, 6.45) is 20.3. The van der Waals surface area contributed by atoms with Crippen LogP contribution >= 0.6 is 8.53 Å². The minimum atomic E-state index is -1.53. The van der Waals surface area contributed by atoms with E-state index >= 15 is 0 Å². The number of aromatic nitrogens is 2. The van der Waals surface area contributed by atoms with Crippen LogP contribution in [0.4, 0.5) is 0 Å². The Labute approximate surface area is 402 Å². The molecule has 0 radical (unpaired) electrons. The van der Waals surface area contributed by atoms with Gasteiger partial charge in [0.1, 0.15) is 12.3 Å². The van der Waals surface area contributed by atoms with Crippen LogP contribution in [-0.4, -0.2) is 69.6 Å². The smallest absolute Gasteiger partial charge is 0.330 e. The highest BCUT2D eigenvalue weighted by molar-refractivity contribution is 7.44. The third-order valence-electron chi connectivity index (χ3n) is 16.6. The largest absolute Gasteiger partial charge is 0.462 e. The standard InChI is InChI=1S/C53H84N5O8P/c1-11-45-46(66-67(63-30-14-28-54)58(35(4)5)36(6)7)32-48(65-45)57-33-38(50(61)56-51(57)62)18-23-47(59)55-29-13-17-49(60)64-40-24-26-52(9)39(31-40)19-20-41-43-22-21-42(37(8)16-12-15-34(2)3)53(43,10)27-25-44(41)52/h18-19,23,33-37,40-46,48H,11-17,20-22,24-27,29-32H2,1-10H3,(H,55,59)(H,56,61,62)/b23-18+/t37?,40?,41?,42?,43?,44?,45-,46+,48-,52?,53?,67?/m1/s1. The predicted molar refractivity (Wildman–Crippen MR) is 264 cm³/mol. The monoisotopic (exact) mass is 950 g/mol. The van der Waals surface area contributed by atoms with Gasteiger partial charge in [-0.3, -0.25) is 23.9 Å². The van der Waals surface area contributed by atoms with Gasteiger partial charge >= 0.3 is 11.7 Å². The van der Waals surface area contributed by atoms with Crippen molar-refractivity contribution < 1.29 is 28.1 Å². The summed E-state index contributed by atoms with van der Waals surface area (Å²) < 4.78 is 28.6. The van der Waals surface area contributed by atoms with Crippen LogP contribution in [0.3, 0.4) is 0 Å². The zero-order valence-electron chi connectivity index (χ0n) is 42.5. The van der Waals surface area contributed by atoms with Crippen molar-refractivity contribution in [1.29, 1.82) is 5.26 Å². The van der Waals surface area contributed by atoms with E-state index < -0.39 is 38.0 Å². The van der Waals surface area contributed by atoms with Gasteiger partial charge in [-0.2, -0.15) is 5.26 Å². The number of carbonyl (C=O) groups excluding carboxylic acids is 2. The van der Waals surface area contributed by atoms with Crippen molar-refractivity contribution in [2.75, 3.05) is 13.2 Å². The molecule has 67 heavy (non-hydrogen) atoms. The molecule has 5 aliphatic rings. The summed E-state index contributed by atoms with van der Waals surface area (Å²) in [5.74, 6) is 4.09. The van der Waals surface area contributed by atoms with Gasteiger partial charge in [0.2, 0.25) is 5.91 Å². The van der Waals surface area contributed by atoms with Gasteiger partial charge in [0, 0.05) is 50.2 Å². The number of carbonyl (C=O) groups is 2. The molecule has 0 spiro atoms.